The van der Waals surface area contributed by atoms with Crippen LogP contribution < -0.4 is 10.9 Å². The second-order valence-corrected chi connectivity index (χ2v) is 6.96. The quantitative estimate of drug-likeness (QED) is 0.843. The molecule has 0 spiro atoms. The van der Waals surface area contributed by atoms with Crippen LogP contribution in [0.4, 0.5) is 5.69 Å². The van der Waals surface area contributed by atoms with Crippen LogP contribution in [0, 0.1) is 6.92 Å². The van der Waals surface area contributed by atoms with Gasteiger partial charge in [0, 0.05) is 13.6 Å². The number of hydrogen-bond acceptors (Lipinski definition) is 4. The predicted octanol–water partition coefficient (Wildman–Crippen LogP) is 3.18. The van der Waals surface area contributed by atoms with Gasteiger partial charge < -0.3 is 10.2 Å². The van der Waals surface area contributed by atoms with Crippen LogP contribution in [0.3, 0.4) is 0 Å². The van der Waals surface area contributed by atoms with E-state index in [4.69, 9.17) is 11.6 Å². The van der Waals surface area contributed by atoms with Crippen LogP contribution in [0.15, 0.2) is 16.9 Å². The molecule has 1 aliphatic rings. The zero-order chi connectivity index (χ0) is 17.1. The minimum absolute atomic E-state index is 0.0592. The molecule has 0 unspecified atom stereocenters. The molecule has 0 bridgehead atoms. The Hall–Kier alpha value is -1.59. The Morgan fingerprint density at radius 3 is 2.75 bits per heavy atom. The Kier molecular flexibility index (Phi) is 5.41. The summed E-state index contributed by atoms with van der Waals surface area (Å²) in [4.78, 5) is 19.3. The highest BCUT2D eigenvalue weighted by atomic mass is 35.5. The third-order valence-electron chi connectivity index (χ3n) is 4.80. The molecule has 1 N–H and O–H groups in total. The van der Waals surface area contributed by atoms with Gasteiger partial charge in [0.25, 0.3) is 5.56 Å². The average Bonchev–Trinajstić information content (AvgIpc) is 2.59. The first-order valence-corrected chi connectivity index (χ1v) is 9.07. The second-order valence-electron chi connectivity index (χ2n) is 6.56. The molecule has 130 valence electrons. The minimum atomic E-state index is -0.0592. The van der Waals surface area contributed by atoms with Gasteiger partial charge in [0.05, 0.1) is 21.6 Å². The molecule has 6 heteroatoms. The van der Waals surface area contributed by atoms with E-state index >= 15 is 0 Å². The number of fused-ring (bicyclic) bond motifs is 1. The van der Waals surface area contributed by atoms with Crippen molar-refractivity contribution >= 4 is 28.2 Å². The molecule has 0 saturated carbocycles. The molecule has 5 nitrogen and oxygen atoms in total. The number of aryl methyl sites for hydroxylation is 1. The van der Waals surface area contributed by atoms with Crippen molar-refractivity contribution in [2.24, 2.45) is 7.05 Å². The molecule has 24 heavy (non-hydrogen) atoms. The zero-order valence-corrected chi connectivity index (χ0v) is 15.2. The summed E-state index contributed by atoms with van der Waals surface area (Å²) in [6, 6.07) is 3.60. The van der Waals surface area contributed by atoms with Gasteiger partial charge in [0.2, 0.25) is 0 Å². The molecule has 0 atom stereocenters. The lowest BCUT2D eigenvalue weighted by molar-refractivity contribution is 0.228. The van der Waals surface area contributed by atoms with E-state index in [2.05, 4.69) is 15.2 Å². The summed E-state index contributed by atoms with van der Waals surface area (Å²) in [5.41, 5.74) is 1.48. The van der Waals surface area contributed by atoms with Gasteiger partial charge in [0.1, 0.15) is 5.82 Å². The van der Waals surface area contributed by atoms with Crippen LogP contribution in [0.5, 0.6) is 0 Å². The molecule has 3 rings (SSSR count). The first-order chi connectivity index (χ1) is 11.6. The van der Waals surface area contributed by atoms with Crippen molar-refractivity contribution in [1.29, 1.82) is 0 Å². The summed E-state index contributed by atoms with van der Waals surface area (Å²) in [6.07, 6.45) is 5.10. The van der Waals surface area contributed by atoms with E-state index in [1.807, 2.05) is 13.0 Å². The molecule has 2 aromatic rings. The number of rotatable bonds is 5. The van der Waals surface area contributed by atoms with Crippen molar-refractivity contribution in [2.75, 3.05) is 31.5 Å². The highest BCUT2D eigenvalue weighted by Gasteiger charge is 2.11. The Labute approximate surface area is 147 Å². The number of anilines is 1. The summed E-state index contributed by atoms with van der Waals surface area (Å²) >= 11 is 6.35. The molecule has 0 radical (unpaired) electrons. The molecular formula is C18H25ClN4O. The highest BCUT2D eigenvalue weighted by Crippen LogP contribution is 2.26. The molecular weight excluding hydrogens is 324 g/mol. The van der Waals surface area contributed by atoms with Gasteiger partial charge in [-0.3, -0.25) is 9.36 Å². The van der Waals surface area contributed by atoms with E-state index in [9.17, 15) is 4.79 Å². The third kappa shape index (κ3) is 3.73. The summed E-state index contributed by atoms with van der Waals surface area (Å²) in [6.45, 7) is 6.27. The first-order valence-electron chi connectivity index (χ1n) is 8.69. The fourth-order valence-corrected chi connectivity index (χ4v) is 3.48. The van der Waals surface area contributed by atoms with Gasteiger partial charge in [-0.15, -0.1) is 0 Å². The predicted molar refractivity (Wildman–Crippen MR) is 100 cm³/mol. The Morgan fingerprint density at radius 1 is 1.25 bits per heavy atom. The van der Waals surface area contributed by atoms with Gasteiger partial charge in [-0.1, -0.05) is 18.0 Å². The molecule has 0 amide bonds. The monoisotopic (exact) mass is 348 g/mol. The van der Waals surface area contributed by atoms with Crippen LogP contribution in [0.1, 0.15) is 31.5 Å². The SMILES string of the molecule is Cc1nc2cc(NCCCN3CCCCC3)c(Cl)cc2c(=O)n1C. The molecule has 1 aromatic heterocycles. The molecule has 1 saturated heterocycles. The largest absolute Gasteiger partial charge is 0.384 e. The van der Waals surface area contributed by atoms with Gasteiger partial charge in [-0.05, 0) is 58.0 Å². The van der Waals surface area contributed by atoms with Crippen LogP contribution in [0.2, 0.25) is 5.02 Å². The van der Waals surface area contributed by atoms with Gasteiger partial charge in [0.15, 0.2) is 0 Å². The van der Waals surface area contributed by atoms with E-state index in [0.717, 1.165) is 25.2 Å². The molecule has 1 fully saturated rings. The maximum Gasteiger partial charge on any atom is 0.261 e. The summed E-state index contributed by atoms with van der Waals surface area (Å²) < 4.78 is 1.55. The molecule has 1 aromatic carbocycles. The summed E-state index contributed by atoms with van der Waals surface area (Å²) in [5.74, 6) is 0.700. The number of benzene rings is 1. The van der Waals surface area contributed by atoms with E-state index in [0.29, 0.717) is 21.7 Å². The van der Waals surface area contributed by atoms with Crippen molar-refractivity contribution in [1.82, 2.24) is 14.5 Å². The fraction of sp³-hybridized carbons (Fsp3) is 0.556. The fourth-order valence-electron chi connectivity index (χ4n) is 3.25. The number of hydrogen-bond donors (Lipinski definition) is 1. The number of halogens is 1. The smallest absolute Gasteiger partial charge is 0.261 e. The van der Waals surface area contributed by atoms with Crippen molar-refractivity contribution in [3.05, 3.63) is 33.3 Å². The Morgan fingerprint density at radius 2 is 2.00 bits per heavy atom. The van der Waals surface area contributed by atoms with E-state index in [1.54, 1.807) is 17.7 Å². The topological polar surface area (TPSA) is 50.2 Å². The normalized spacial score (nSPS) is 15.8. The van der Waals surface area contributed by atoms with Gasteiger partial charge in [-0.2, -0.15) is 0 Å². The third-order valence-corrected chi connectivity index (χ3v) is 5.12. The standard InChI is InChI=1S/C18H25ClN4O/c1-13-21-16-12-17(15(19)11-14(16)18(24)22(13)2)20-7-6-10-23-8-4-3-5-9-23/h11-12,20H,3-10H2,1-2H3. The zero-order valence-electron chi connectivity index (χ0n) is 14.4. The number of nitrogens with zero attached hydrogens (tertiary/aromatic N) is 3. The second kappa shape index (κ2) is 7.53. The number of piperidine rings is 1. The van der Waals surface area contributed by atoms with Crippen molar-refractivity contribution in [3.63, 3.8) is 0 Å². The number of aromatic nitrogens is 2. The lowest BCUT2D eigenvalue weighted by Gasteiger charge is -2.26. The maximum absolute atomic E-state index is 12.3. The Balaban J connectivity index is 1.67. The molecule has 0 aliphatic carbocycles. The van der Waals surface area contributed by atoms with Crippen molar-refractivity contribution in [2.45, 2.75) is 32.6 Å². The van der Waals surface area contributed by atoms with Crippen LogP contribution in [-0.4, -0.2) is 40.6 Å². The molecule has 2 heterocycles. The van der Waals surface area contributed by atoms with E-state index in [1.165, 1.54) is 32.4 Å². The number of likely N-dealkylation sites (tertiary alicyclic amines) is 1. The number of nitrogens with one attached hydrogen (secondary N) is 1. The van der Waals surface area contributed by atoms with Gasteiger partial charge >= 0.3 is 0 Å². The molecule has 1 aliphatic heterocycles. The van der Waals surface area contributed by atoms with Gasteiger partial charge in [-0.25, -0.2) is 4.98 Å². The van der Waals surface area contributed by atoms with Crippen LogP contribution in [0.25, 0.3) is 10.9 Å². The highest BCUT2D eigenvalue weighted by molar-refractivity contribution is 6.34. The maximum atomic E-state index is 12.3. The lowest BCUT2D eigenvalue weighted by Crippen LogP contribution is -2.31. The van der Waals surface area contributed by atoms with Crippen molar-refractivity contribution < 1.29 is 0 Å². The lowest BCUT2D eigenvalue weighted by atomic mass is 10.1. The first kappa shape index (κ1) is 17.2. The van der Waals surface area contributed by atoms with Crippen molar-refractivity contribution in [3.8, 4) is 0 Å². The minimum Gasteiger partial charge on any atom is -0.384 e. The Bertz CT molecular complexity index is 781. The van der Waals surface area contributed by atoms with Crippen LogP contribution in [-0.2, 0) is 7.05 Å². The summed E-state index contributed by atoms with van der Waals surface area (Å²) in [5, 5.41) is 4.53. The van der Waals surface area contributed by atoms with Crippen LogP contribution >= 0.6 is 11.6 Å². The van der Waals surface area contributed by atoms with E-state index in [-0.39, 0.29) is 5.56 Å². The summed E-state index contributed by atoms with van der Waals surface area (Å²) in [7, 11) is 1.73. The average molecular weight is 349 g/mol. The van der Waals surface area contributed by atoms with E-state index < -0.39 is 0 Å².